The van der Waals surface area contributed by atoms with Crippen molar-refractivity contribution in [3.63, 3.8) is 0 Å². The first-order chi connectivity index (χ1) is 22.1. The summed E-state index contributed by atoms with van der Waals surface area (Å²) in [5.41, 5.74) is 9.38. The maximum absolute atomic E-state index is 11.9. The number of alkyl carbamates (subject to hydrolysis) is 1. The minimum absolute atomic E-state index is 0.0342. The number of carbonyl (C=O) groups is 3. The van der Waals surface area contributed by atoms with Gasteiger partial charge in [-0.3, -0.25) is 4.79 Å². The Balaban J connectivity index is 0.000000322. The molecule has 0 spiro atoms. The fraction of sp³-hybridized carbons (Fsp3) is 0.559. The Labute approximate surface area is 271 Å². The van der Waals surface area contributed by atoms with Crippen LogP contribution in [0.15, 0.2) is 48.5 Å². The van der Waals surface area contributed by atoms with Crippen LogP contribution in [0.2, 0.25) is 0 Å². The van der Waals surface area contributed by atoms with E-state index in [0.717, 1.165) is 22.3 Å². The van der Waals surface area contributed by atoms with Gasteiger partial charge in [-0.1, -0.05) is 55.5 Å². The van der Waals surface area contributed by atoms with Crippen LogP contribution >= 0.6 is 0 Å². The van der Waals surface area contributed by atoms with E-state index in [1.54, 1.807) is 6.92 Å². The molecule has 0 aromatic heterocycles. The normalized spacial score (nSPS) is 12.7. The number of amides is 1. The lowest BCUT2D eigenvalue weighted by Gasteiger charge is -2.19. The molecule has 0 heterocycles. The van der Waals surface area contributed by atoms with E-state index in [2.05, 4.69) is 17.4 Å². The SMILES string of the molecule is CC(C)(C)OC(=O)CCOCCOCCOCCOCCN.CC[C@H](NC(=O)OCC1c2ccccc2-c2ccccc21)C(=O)O. The van der Waals surface area contributed by atoms with Gasteiger partial charge in [0.1, 0.15) is 18.2 Å². The van der Waals surface area contributed by atoms with Gasteiger partial charge in [-0.15, -0.1) is 0 Å². The largest absolute Gasteiger partial charge is 0.480 e. The van der Waals surface area contributed by atoms with E-state index in [1.165, 1.54) is 0 Å². The maximum Gasteiger partial charge on any atom is 0.407 e. The molecule has 2 aromatic rings. The number of hydrogen-bond donors (Lipinski definition) is 3. The predicted octanol–water partition coefficient (Wildman–Crippen LogP) is 4.13. The van der Waals surface area contributed by atoms with Crippen molar-refractivity contribution in [2.75, 3.05) is 66.0 Å². The van der Waals surface area contributed by atoms with Crippen molar-refractivity contribution in [3.8, 4) is 11.1 Å². The number of rotatable bonds is 19. The average Bonchev–Trinajstić information content (AvgIpc) is 3.34. The number of ether oxygens (including phenoxy) is 6. The van der Waals surface area contributed by atoms with Crippen LogP contribution in [0.25, 0.3) is 11.1 Å². The van der Waals surface area contributed by atoms with E-state index in [1.807, 2.05) is 57.2 Å². The van der Waals surface area contributed by atoms with Crippen LogP contribution in [0.4, 0.5) is 4.79 Å². The Morgan fingerprint density at radius 1 is 0.804 bits per heavy atom. The van der Waals surface area contributed by atoms with Gasteiger partial charge >= 0.3 is 18.0 Å². The summed E-state index contributed by atoms with van der Waals surface area (Å²) in [6, 6.07) is 15.2. The van der Waals surface area contributed by atoms with Crippen LogP contribution in [-0.2, 0) is 38.0 Å². The molecule has 1 aliphatic carbocycles. The van der Waals surface area contributed by atoms with E-state index in [9.17, 15) is 14.4 Å². The van der Waals surface area contributed by atoms with Crippen molar-refractivity contribution in [2.24, 2.45) is 5.73 Å². The third-order valence-corrected chi connectivity index (χ3v) is 6.59. The van der Waals surface area contributed by atoms with Crippen molar-refractivity contribution in [2.45, 2.75) is 58.1 Å². The summed E-state index contributed by atoms with van der Waals surface area (Å²) < 4.78 is 31.5. The van der Waals surface area contributed by atoms with Gasteiger partial charge in [0.25, 0.3) is 0 Å². The number of fused-ring (bicyclic) bond motifs is 3. The van der Waals surface area contributed by atoms with Crippen molar-refractivity contribution in [1.29, 1.82) is 0 Å². The van der Waals surface area contributed by atoms with E-state index >= 15 is 0 Å². The fourth-order valence-electron chi connectivity index (χ4n) is 4.51. The van der Waals surface area contributed by atoms with Crippen LogP contribution < -0.4 is 11.1 Å². The molecule has 3 rings (SSSR count). The lowest BCUT2D eigenvalue weighted by atomic mass is 9.98. The summed E-state index contributed by atoms with van der Waals surface area (Å²) in [4.78, 5) is 34.3. The molecule has 0 aliphatic heterocycles. The molecule has 1 atom stereocenters. The van der Waals surface area contributed by atoms with Crippen LogP contribution in [0.3, 0.4) is 0 Å². The van der Waals surface area contributed by atoms with Crippen LogP contribution in [0, 0.1) is 0 Å². The van der Waals surface area contributed by atoms with Crippen LogP contribution in [0.1, 0.15) is 57.6 Å². The number of esters is 1. The third-order valence-electron chi connectivity index (χ3n) is 6.59. The number of carbonyl (C=O) groups excluding carboxylic acids is 2. The van der Waals surface area contributed by atoms with E-state index in [-0.39, 0.29) is 24.9 Å². The minimum atomic E-state index is -1.06. The van der Waals surface area contributed by atoms with Gasteiger partial charge in [0.05, 0.1) is 59.3 Å². The molecule has 46 heavy (non-hydrogen) atoms. The Morgan fingerprint density at radius 3 is 1.74 bits per heavy atom. The van der Waals surface area contributed by atoms with Gasteiger partial charge in [-0.25, -0.2) is 9.59 Å². The van der Waals surface area contributed by atoms with Gasteiger partial charge in [0.2, 0.25) is 0 Å². The number of nitrogens with one attached hydrogen (secondary N) is 1. The number of nitrogens with two attached hydrogens (primary N) is 1. The smallest absolute Gasteiger partial charge is 0.407 e. The summed E-state index contributed by atoms with van der Waals surface area (Å²) in [5, 5.41) is 11.4. The Kier molecular flexibility index (Phi) is 17.9. The zero-order valence-corrected chi connectivity index (χ0v) is 27.5. The second-order valence-corrected chi connectivity index (χ2v) is 11.3. The molecule has 1 amide bonds. The van der Waals surface area contributed by atoms with Crippen molar-refractivity contribution >= 4 is 18.0 Å². The summed E-state index contributed by atoms with van der Waals surface area (Å²) in [6.45, 7) is 11.8. The molecule has 12 nitrogen and oxygen atoms in total. The monoisotopic (exact) mass is 646 g/mol. The zero-order valence-electron chi connectivity index (χ0n) is 27.5. The summed E-state index contributed by atoms with van der Waals surface area (Å²) >= 11 is 0. The molecular formula is C34H50N2O10. The Morgan fingerprint density at radius 2 is 1.28 bits per heavy atom. The highest BCUT2D eigenvalue weighted by Crippen LogP contribution is 2.44. The Bertz CT molecular complexity index is 1150. The maximum atomic E-state index is 11.9. The van der Waals surface area contributed by atoms with Crippen molar-refractivity contribution in [1.82, 2.24) is 5.32 Å². The highest BCUT2D eigenvalue weighted by atomic mass is 16.6. The molecule has 0 bridgehead atoms. The molecule has 12 heteroatoms. The van der Waals surface area contributed by atoms with Crippen molar-refractivity contribution in [3.05, 3.63) is 59.7 Å². The molecule has 1 aliphatic rings. The third kappa shape index (κ3) is 14.7. The average molecular weight is 647 g/mol. The predicted molar refractivity (Wildman–Crippen MR) is 173 cm³/mol. The molecule has 256 valence electrons. The first-order valence-electron chi connectivity index (χ1n) is 15.6. The van der Waals surface area contributed by atoms with Crippen LogP contribution in [0.5, 0.6) is 0 Å². The minimum Gasteiger partial charge on any atom is -0.480 e. The number of aliphatic carboxylic acids is 1. The number of hydrogen-bond acceptors (Lipinski definition) is 10. The Hall–Kier alpha value is -3.55. The molecule has 0 fully saturated rings. The first kappa shape index (κ1) is 38.6. The second kappa shape index (κ2) is 21.3. The molecule has 0 unspecified atom stereocenters. The highest BCUT2D eigenvalue weighted by molar-refractivity contribution is 5.81. The zero-order chi connectivity index (χ0) is 33.8. The highest BCUT2D eigenvalue weighted by Gasteiger charge is 2.29. The molecule has 4 N–H and O–H groups in total. The summed E-state index contributed by atoms with van der Waals surface area (Å²) in [6.07, 6.45) is -0.144. The number of carboxylic acid groups (broad SMARTS) is 1. The standard InChI is InChI=1S/C19H19NO4.C15H31NO6/c1-2-17(18(21)22)20-19(23)24-11-16-14-9-5-3-7-12(14)13-8-4-6-10-15(13)16;1-15(2,3)22-14(17)4-6-18-8-10-20-12-13-21-11-9-19-7-5-16/h3-10,16-17H,2,11H2,1H3,(H,20,23)(H,21,22);4-13,16H2,1-3H3/t17-;/m0./s1. The molecule has 2 aromatic carbocycles. The van der Waals surface area contributed by atoms with Gasteiger partial charge in [-0.05, 0) is 49.4 Å². The van der Waals surface area contributed by atoms with E-state index in [0.29, 0.717) is 65.8 Å². The van der Waals surface area contributed by atoms with E-state index < -0.39 is 23.7 Å². The molecule has 0 saturated carbocycles. The number of carboxylic acids is 1. The summed E-state index contributed by atoms with van der Waals surface area (Å²) in [5.74, 6) is -1.35. The van der Waals surface area contributed by atoms with Gasteiger partial charge < -0.3 is 44.6 Å². The van der Waals surface area contributed by atoms with Gasteiger partial charge in [0.15, 0.2) is 0 Å². The van der Waals surface area contributed by atoms with Crippen LogP contribution in [-0.4, -0.2) is 101 Å². The quantitative estimate of drug-likeness (QED) is 0.148. The lowest BCUT2D eigenvalue weighted by molar-refractivity contribution is -0.156. The number of benzene rings is 2. The summed E-state index contributed by atoms with van der Waals surface area (Å²) in [7, 11) is 0. The van der Waals surface area contributed by atoms with Gasteiger partial charge in [0, 0.05) is 12.5 Å². The van der Waals surface area contributed by atoms with Gasteiger partial charge in [-0.2, -0.15) is 0 Å². The topological polar surface area (TPSA) is 165 Å². The second-order valence-electron chi connectivity index (χ2n) is 11.3. The van der Waals surface area contributed by atoms with E-state index in [4.69, 9.17) is 39.3 Å². The first-order valence-corrected chi connectivity index (χ1v) is 15.6. The lowest BCUT2D eigenvalue weighted by Crippen LogP contribution is -2.40. The molecule has 0 saturated heterocycles. The molecular weight excluding hydrogens is 596 g/mol. The molecule has 0 radical (unpaired) electrons. The fourth-order valence-corrected chi connectivity index (χ4v) is 4.51. The van der Waals surface area contributed by atoms with Crippen molar-refractivity contribution < 1.29 is 47.9 Å².